The van der Waals surface area contributed by atoms with E-state index in [4.69, 9.17) is 19.5 Å². The third kappa shape index (κ3) is 7.30. The number of rotatable bonds is 10. The van der Waals surface area contributed by atoms with Gasteiger partial charge in [-0.15, -0.1) is 0 Å². The van der Waals surface area contributed by atoms with Crippen molar-refractivity contribution in [3.05, 3.63) is 65.2 Å². The molecule has 1 aliphatic rings. The lowest BCUT2D eigenvalue weighted by Crippen LogP contribution is -2.50. The number of piperazine rings is 1. The van der Waals surface area contributed by atoms with Crippen molar-refractivity contribution in [1.82, 2.24) is 9.80 Å². The molecular formula is C26H31N3O5. The number of carbonyl (C=O) groups is 2. The molecule has 3 rings (SSSR count). The highest BCUT2D eigenvalue weighted by atomic mass is 16.5. The van der Waals surface area contributed by atoms with Crippen molar-refractivity contribution in [2.45, 2.75) is 26.1 Å². The molecule has 2 aromatic rings. The molecule has 2 aromatic carbocycles. The minimum absolute atomic E-state index is 0.195. The summed E-state index contributed by atoms with van der Waals surface area (Å²) in [6.45, 7) is 5.55. The molecule has 1 saturated heterocycles. The maximum absolute atomic E-state index is 12.4. The Morgan fingerprint density at radius 3 is 2.47 bits per heavy atom. The fourth-order valence-corrected chi connectivity index (χ4v) is 3.83. The van der Waals surface area contributed by atoms with Crippen LogP contribution in [-0.4, -0.2) is 68.1 Å². The van der Waals surface area contributed by atoms with Crippen LogP contribution in [0.25, 0.3) is 0 Å². The minimum Gasteiger partial charge on any atom is -0.497 e. The quantitative estimate of drug-likeness (QED) is 0.393. The second-order valence-corrected chi connectivity index (χ2v) is 8.05. The number of methoxy groups -OCH3 is 1. The fourth-order valence-electron chi connectivity index (χ4n) is 3.83. The van der Waals surface area contributed by atoms with Gasteiger partial charge in [-0.1, -0.05) is 24.3 Å². The summed E-state index contributed by atoms with van der Waals surface area (Å²) in [6, 6.07) is 17.3. The highest BCUT2D eigenvalue weighted by Gasteiger charge is 2.25. The average Bonchev–Trinajstić information content (AvgIpc) is 2.87. The molecule has 1 fully saturated rings. The van der Waals surface area contributed by atoms with Crippen molar-refractivity contribution in [1.29, 1.82) is 5.26 Å². The predicted octanol–water partition coefficient (Wildman–Crippen LogP) is 2.92. The Hall–Kier alpha value is -3.41. The zero-order chi connectivity index (χ0) is 24.3. The topological polar surface area (TPSA) is 92.1 Å². The van der Waals surface area contributed by atoms with Gasteiger partial charge in [-0.05, 0) is 42.3 Å². The SMILES string of the molecule is CCOC(=O)CC(=O)N1CCN(CC(OCc2ccc(C#N)cc2)c2cccc(OC)c2)CC1. The van der Waals surface area contributed by atoms with Gasteiger partial charge in [0.1, 0.15) is 12.2 Å². The number of ether oxygens (including phenoxy) is 3. The Morgan fingerprint density at radius 2 is 1.82 bits per heavy atom. The summed E-state index contributed by atoms with van der Waals surface area (Å²) in [5.41, 5.74) is 2.61. The number of amides is 1. The summed E-state index contributed by atoms with van der Waals surface area (Å²) in [7, 11) is 1.64. The van der Waals surface area contributed by atoms with Crippen molar-refractivity contribution in [3.63, 3.8) is 0 Å². The molecule has 0 bridgehead atoms. The van der Waals surface area contributed by atoms with Crippen LogP contribution in [-0.2, 0) is 25.7 Å². The monoisotopic (exact) mass is 465 g/mol. The lowest BCUT2D eigenvalue weighted by atomic mass is 10.1. The van der Waals surface area contributed by atoms with Gasteiger partial charge in [0.25, 0.3) is 0 Å². The van der Waals surface area contributed by atoms with Gasteiger partial charge in [0, 0.05) is 32.7 Å². The Labute approximate surface area is 200 Å². The van der Waals surface area contributed by atoms with Crippen molar-refractivity contribution < 1.29 is 23.8 Å². The van der Waals surface area contributed by atoms with E-state index >= 15 is 0 Å². The molecule has 0 aliphatic carbocycles. The molecule has 1 heterocycles. The Kier molecular flexibility index (Phi) is 9.44. The molecule has 34 heavy (non-hydrogen) atoms. The summed E-state index contributed by atoms with van der Waals surface area (Å²) in [4.78, 5) is 27.9. The summed E-state index contributed by atoms with van der Waals surface area (Å²) < 4.78 is 16.6. The van der Waals surface area contributed by atoms with Crippen LogP contribution in [0.3, 0.4) is 0 Å². The number of carbonyl (C=O) groups excluding carboxylic acids is 2. The summed E-state index contributed by atoms with van der Waals surface area (Å²) in [5, 5.41) is 9.00. The number of nitrogens with zero attached hydrogens (tertiary/aromatic N) is 3. The maximum atomic E-state index is 12.4. The van der Waals surface area contributed by atoms with Gasteiger partial charge >= 0.3 is 5.97 Å². The average molecular weight is 466 g/mol. The molecule has 8 heteroatoms. The molecule has 8 nitrogen and oxygen atoms in total. The van der Waals surface area contributed by atoms with E-state index in [0.29, 0.717) is 44.9 Å². The van der Waals surface area contributed by atoms with E-state index in [-0.39, 0.29) is 25.0 Å². The third-order valence-corrected chi connectivity index (χ3v) is 5.75. The molecule has 1 amide bonds. The lowest BCUT2D eigenvalue weighted by Gasteiger charge is -2.36. The second kappa shape index (κ2) is 12.7. The largest absolute Gasteiger partial charge is 0.497 e. The van der Waals surface area contributed by atoms with Crippen molar-refractivity contribution in [2.75, 3.05) is 46.4 Å². The smallest absolute Gasteiger partial charge is 0.315 e. The number of nitriles is 1. The predicted molar refractivity (Wildman–Crippen MR) is 126 cm³/mol. The molecule has 0 aromatic heterocycles. The number of hydrogen-bond donors (Lipinski definition) is 0. The van der Waals surface area contributed by atoms with Crippen LogP contribution in [0.1, 0.15) is 36.1 Å². The van der Waals surface area contributed by atoms with Crippen LogP contribution in [0.4, 0.5) is 0 Å². The van der Waals surface area contributed by atoms with Crippen LogP contribution in [0.15, 0.2) is 48.5 Å². The van der Waals surface area contributed by atoms with Crippen LogP contribution in [0, 0.1) is 11.3 Å². The zero-order valence-corrected chi connectivity index (χ0v) is 19.7. The van der Waals surface area contributed by atoms with Gasteiger partial charge in [-0.3, -0.25) is 14.5 Å². The highest BCUT2D eigenvalue weighted by Crippen LogP contribution is 2.25. The molecule has 1 unspecified atom stereocenters. The van der Waals surface area contributed by atoms with Gasteiger partial charge in [0.2, 0.25) is 5.91 Å². The van der Waals surface area contributed by atoms with Crippen LogP contribution >= 0.6 is 0 Å². The third-order valence-electron chi connectivity index (χ3n) is 5.75. The maximum Gasteiger partial charge on any atom is 0.315 e. The van der Waals surface area contributed by atoms with Crippen molar-refractivity contribution in [3.8, 4) is 11.8 Å². The van der Waals surface area contributed by atoms with E-state index in [9.17, 15) is 9.59 Å². The van der Waals surface area contributed by atoms with Crippen LogP contribution in [0.2, 0.25) is 0 Å². The van der Waals surface area contributed by atoms with Gasteiger partial charge < -0.3 is 19.1 Å². The van der Waals surface area contributed by atoms with Crippen molar-refractivity contribution >= 4 is 11.9 Å². The highest BCUT2D eigenvalue weighted by molar-refractivity contribution is 5.94. The van der Waals surface area contributed by atoms with E-state index in [1.165, 1.54) is 0 Å². The molecule has 1 atom stereocenters. The van der Waals surface area contributed by atoms with Crippen LogP contribution < -0.4 is 4.74 Å². The molecule has 0 saturated carbocycles. The molecule has 0 radical (unpaired) electrons. The van der Waals surface area contributed by atoms with Crippen LogP contribution in [0.5, 0.6) is 5.75 Å². The van der Waals surface area contributed by atoms with Crippen molar-refractivity contribution in [2.24, 2.45) is 0 Å². The van der Waals surface area contributed by atoms with E-state index in [0.717, 1.165) is 16.9 Å². The standard InChI is InChI=1S/C26H31N3O5/c1-3-33-26(31)16-25(30)29-13-11-28(12-14-29)18-24(22-5-4-6-23(15-22)32-2)34-19-21-9-7-20(17-27)8-10-21/h4-10,15,24H,3,11-14,16,18-19H2,1-2H3. The number of esters is 1. The number of hydrogen-bond acceptors (Lipinski definition) is 7. The Balaban J connectivity index is 1.61. The zero-order valence-electron chi connectivity index (χ0n) is 19.7. The molecule has 0 N–H and O–H groups in total. The lowest BCUT2D eigenvalue weighted by molar-refractivity contribution is -0.149. The van der Waals surface area contributed by atoms with Gasteiger partial charge in [-0.25, -0.2) is 0 Å². The first-order chi connectivity index (χ1) is 16.5. The molecule has 1 aliphatic heterocycles. The summed E-state index contributed by atoms with van der Waals surface area (Å²) >= 11 is 0. The molecule has 180 valence electrons. The summed E-state index contributed by atoms with van der Waals surface area (Å²) in [5.74, 6) is 0.0857. The first-order valence-electron chi connectivity index (χ1n) is 11.4. The first kappa shape index (κ1) is 25.2. The minimum atomic E-state index is -0.482. The van der Waals surface area contributed by atoms with E-state index in [1.54, 1.807) is 31.1 Å². The van der Waals surface area contributed by atoms with Gasteiger partial charge in [-0.2, -0.15) is 5.26 Å². The van der Waals surface area contributed by atoms with E-state index < -0.39 is 5.97 Å². The number of benzene rings is 2. The molecule has 0 spiro atoms. The Morgan fingerprint density at radius 1 is 1.09 bits per heavy atom. The normalized spacial score (nSPS) is 14.8. The van der Waals surface area contributed by atoms with Gasteiger partial charge in [0.05, 0.1) is 38.1 Å². The fraction of sp³-hybridized carbons (Fsp3) is 0.423. The Bertz CT molecular complexity index is 994. The van der Waals surface area contributed by atoms with E-state index in [2.05, 4.69) is 11.0 Å². The first-order valence-corrected chi connectivity index (χ1v) is 11.4. The molecular weight excluding hydrogens is 434 g/mol. The summed E-state index contributed by atoms with van der Waals surface area (Å²) in [6.07, 6.45) is -0.416. The van der Waals surface area contributed by atoms with Gasteiger partial charge in [0.15, 0.2) is 0 Å². The second-order valence-electron chi connectivity index (χ2n) is 8.05. The van der Waals surface area contributed by atoms with E-state index in [1.807, 2.05) is 36.4 Å².